The van der Waals surface area contributed by atoms with Crippen LogP contribution in [0.3, 0.4) is 0 Å². The Morgan fingerprint density at radius 1 is 1.33 bits per heavy atom. The van der Waals surface area contributed by atoms with E-state index < -0.39 is 15.9 Å². The van der Waals surface area contributed by atoms with Gasteiger partial charge >= 0.3 is 11.5 Å². The molecule has 0 unspecified atom stereocenters. The van der Waals surface area contributed by atoms with Crippen LogP contribution in [0, 0.1) is 0 Å². The Balaban J connectivity index is 2.84. The number of hydrogen-bond acceptors (Lipinski definition) is 3. The number of carbonyl (C=O) groups is 2. The number of imide groups is 1. The number of piperazine rings is 1. The van der Waals surface area contributed by atoms with Gasteiger partial charge in [0.05, 0.1) is 0 Å². The number of nitrogens with one attached hydrogen (secondary N) is 1. The molecule has 12 heavy (non-hydrogen) atoms. The number of hydrogen-bond donors (Lipinski definition) is 2. The molecule has 1 fully saturated rings. The minimum absolute atomic E-state index is 0.220. The van der Waals surface area contributed by atoms with Gasteiger partial charge in [0.2, 0.25) is 0 Å². The molecule has 2 amide bonds. The van der Waals surface area contributed by atoms with Gasteiger partial charge in [0.25, 0.3) is 0 Å². The van der Waals surface area contributed by atoms with Gasteiger partial charge in [-0.15, -0.1) is 4.48 Å². The highest BCUT2D eigenvalue weighted by atomic mass is 35.5. The molecule has 0 atom stereocenters. The first-order chi connectivity index (χ1) is 5.59. The number of quaternary nitrogens is 1. The van der Waals surface area contributed by atoms with Gasteiger partial charge in [0, 0.05) is 24.7 Å². The summed E-state index contributed by atoms with van der Waals surface area (Å²) in [5, 5.41) is 10.9. The van der Waals surface area contributed by atoms with Crippen molar-refractivity contribution in [1.29, 1.82) is 0 Å². The Labute approximate surface area is 74.5 Å². The zero-order chi connectivity index (χ0) is 9.19. The fourth-order valence-electron chi connectivity index (χ4n) is 1.22. The molecule has 0 spiro atoms. The average Bonchev–Trinajstić information content (AvgIpc) is 2.05. The van der Waals surface area contributed by atoms with Crippen LogP contribution in [0.1, 0.15) is 0 Å². The van der Waals surface area contributed by atoms with E-state index in [-0.39, 0.29) is 13.1 Å². The minimum atomic E-state index is -1.17. The van der Waals surface area contributed by atoms with Gasteiger partial charge in [-0.25, -0.2) is 4.79 Å². The highest BCUT2D eigenvalue weighted by Crippen LogP contribution is 2.13. The Kier molecular flexibility index (Phi) is 2.66. The van der Waals surface area contributed by atoms with Crippen LogP contribution < -0.4 is 5.32 Å². The molecule has 1 heterocycles. The second kappa shape index (κ2) is 3.38. The molecule has 2 N–H and O–H groups in total. The fourth-order valence-corrected chi connectivity index (χ4v) is 1.46. The number of amides is 2. The second-order valence-corrected chi connectivity index (χ2v) is 3.02. The smallest absolute Gasteiger partial charge is 0.435 e. The zero-order valence-electron chi connectivity index (χ0n) is 6.42. The van der Waals surface area contributed by atoms with Gasteiger partial charge < -0.3 is 10.4 Å². The minimum Gasteiger partial charge on any atom is -0.435 e. The maximum Gasteiger partial charge on any atom is 0.522 e. The van der Waals surface area contributed by atoms with E-state index >= 15 is 0 Å². The van der Waals surface area contributed by atoms with E-state index in [9.17, 15) is 9.59 Å². The van der Waals surface area contributed by atoms with Crippen molar-refractivity contribution >= 4 is 23.1 Å². The maximum absolute atomic E-state index is 10.9. The van der Waals surface area contributed by atoms with E-state index in [0.29, 0.717) is 13.1 Å². The molecular formula is C6H10ClN2O3+. The largest absolute Gasteiger partial charge is 0.522 e. The molecule has 0 aromatic heterocycles. The molecule has 1 saturated heterocycles. The van der Waals surface area contributed by atoms with Crippen LogP contribution in [0.15, 0.2) is 0 Å². The Morgan fingerprint density at radius 2 is 1.83 bits per heavy atom. The lowest BCUT2D eigenvalue weighted by molar-refractivity contribution is -0.772. The van der Waals surface area contributed by atoms with E-state index in [4.69, 9.17) is 16.7 Å². The molecule has 0 aromatic carbocycles. The van der Waals surface area contributed by atoms with E-state index in [2.05, 4.69) is 5.32 Å². The topological polar surface area (TPSA) is 66.4 Å². The molecule has 1 aliphatic rings. The molecule has 1 aliphatic heterocycles. The van der Waals surface area contributed by atoms with Crippen molar-refractivity contribution in [1.82, 2.24) is 5.32 Å². The number of nitrogens with zero attached hydrogens (tertiary/aromatic N) is 1. The van der Waals surface area contributed by atoms with Crippen molar-refractivity contribution in [2.45, 2.75) is 0 Å². The highest BCUT2D eigenvalue weighted by molar-refractivity contribution is 6.61. The van der Waals surface area contributed by atoms with Crippen LogP contribution in [0.4, 0.5) is 9.59 Å². The summed E-state index contributed by atoms with van der Waals surface area (Å²) in [7, 11) is 0. The quantitative estimate of drug-likeness (QED) is 0.333. The van der Waals surface area contributed by atoms with Crippen molar-refractivity contribution in [3.8, 4) is 0 Å². The van der Waals surface area contributed by atoms with E-state index in [1.165, 1.54) is 0 Å². The first-order valence-electron chi connectivity index (χ1n) is 3.61. The number of halogens is 1. The third-order valence-corrected chi connectivity index (χ3v) is 2.37. The van der Waals surface area contributed by atoms with Crippen molar-refractivity contribution in [3.05, 3.63) is 0 Å². The molecular weight excluding hydrogens is 184 g/mol. The predicted molar refractivity (Wildman–Crippen MR) is 42.1 cm³/mol. The lowest BCUT2D eigenvalue weighted by atomic mass is 10.3. The molecule has 68 valence electrons. The van der Waals surface area contributed by atoms with Crippen LogP contribution in [0.2, 0.25) is 0 Å². The summed E-state index contributed by atoms with van der Waals surface area (Å²) in [5.74, 6) is 0. The van der Waals surface area contributed by atoms with Crippen LogP contribution in [0.25, 0.3) is 0 Å². The van der Waals surface area contributed by atoms with Gasteiger partial charge in [0.15, 0.2) is 0 Å². The fraction of sp³-hybridized carbons (Fsp3) is 0.667. The monoisotopic (exact) mass is 193 g/mol. The van der Waals surface area contributed by atoms with E-state index in [1.54, 1.807) is 0 Å². The summed E-state index contributed by atoms with van der Waals surface area (Å²) in [5.41, 5.74) is 0. The number of carboxylic acid groups (broad SMARTS) is 1. The van der Waals surface area contributed by atoms with Crippen molar-refractivity contribution in [2.75, 3.05) is 26.2 Å². The molecule has 0 aliphatic carbocycles. The SMILES string of the molecule is O=C(O)[N+]1(C(=O)Cl)CCNCC1. The maximum atomic E-state index is 10.9. The van der Waals surface area contributed by atoms with Gasteiger partial charge in [0.1, 0.15) is 13.1 Å². The van der Waals surface area contributed by atoms with E-state index in [0.717, 1.165) is 0 Å². The first kappa shape index (κ1) is 9.44. The standard InChI is InChI=1S/C6H9ClN2O3/c7-5(10)9(6(11)12)3-1-8-2-4-9/h8H,1-4H2/p+1. The summed E-state index contributed by atoms with van der Waals surface area (Å²) in [6, 6.07) is 0. The summed E-state index contributed by atoms with van der Waals surface area (Å²) in [6.45, 7) is 1.45. The van der Waals surface area contributed by atoms with Crippen molar-refractivity contribution in [2.24, 2.45) is 0 Å². The molecule has 1 rings (SSSR count). The van der Waals surface area contributed by atoms with Crippen LogP contribution in [0.5, 0.6) is 0 Å². The third kappa shape index (κ3) is 1.43. The van der Waals surface area contributed by atoms with E-state index in [1.807, 2.05) is 0 Å². The molecule has 5 nitrogen and oxygen atoms in total. The summed E-state index contributed by atoms with van der Waals surface area (Å²) < 4.78 is -0.658. The molecule has 0 bridgehead atoms. The number of rotatable bonds is 0. The van der Waals surface area contributed by atoms with Gasteiger partial charge in [-0.1, -0.05) is 0 Å². The Hall–Kier alpha value is -0.650. The average molecular weight is 194 g/mol. The first-order valence-corrected chi connectivity index (χ1v) is 3.99. The molecule has 0 radical (unpaired) electrons. The Bertz CT molecular complexity index is 197. The third-order valence-electron chi connectivity index (χ3n) is 2.04. The van der Waals surface area contributed by atoms with Gasteiger partial charge in [-0.05, 0) is 0 Å². The summed E-state index contributed by atoms with van der Waals surface area (Å²) in [4.78, 5) is 21.6. The predicted octanol–water partition coefficient (Wildman–Crippen LogP) is 0.443. The van der Waals surface area contributed by atoms with Crippen LogP contribution >= 0.6 is 11.6 Å². The molecule has 0 aromatic rings. The summed E-state index contributed by atoms with van der Waals surface area (Å²) >= 11 is 5.23. The lowest BCUT2D eigenvalue weighted by Gasteiger charge is -2.31. The lowest BCUT2D eigenvalue weighted by Crippen LogP contribution is -2.62. The van der Waals surface area contributed by atoms with Crippen LogP contribution in [-0.4, -0.2) is 47.2 Å². The second-order valence-electron chi connectivity index (χ2n) is 2.70. The van der Waals surface area contributed by atoms with Crippen molar-refractivity contribution < 1.29 is 19.2 Å². The summed E-state index contributed by atoms with van der Waals surface area (Å²) in [6.07, 6.45) is -1.17. The van der Waals surface area contributed by atoms with Crippen LogP contribution in [-0.2, 0) is 0 Å². The van der Waals surface area contributed by atoms with Crippen molar-refractivity contribution in [3.63, 3.8) is 0 Å². The van der Waals surface area contributed by atoms with Gasteiger partial charge in [-0.2, -0.15) is 4.79 Å². The molecule has 0 saturated carbocycles. The van der Waals surface area contributed by atoms with Gasteiger partial charge in [-0.3, -0.25) is 0 Å². The molecule has 6 heteroatoms. The normalized spacial score (nSPS) is 21.8. The zero-order valence-corrected chi connectivity index (χ0v) is 7.17. The number of carbonyl (C=O) groups excluding carboxylic acids is 1. The Morgan fingerprint density at radius 3 is 2.08 bits per heavy atom. The highest BCUT2D eigenvalue weighted by Gasteiger charge is 2.45.